The first-order chi connectivity index (χ1) is 7.16. The number of anilines is 1. The molecule has 2 aromatic rings. The Morgan fingerprint density at radius 3 is 2.87 bits per heavy atom. The van der Waals surface area contributed by atoms with E-state index in [0.29, 0.717) is 11.8 Å². The van der Waals surface area contributed by atoms with Crippen LogP contribution in [0.3, 0.4) is 0 Å². The van der Waals surface area contributed by atoms with E-state index in [1.165, 1.54) is 0 Å². The summed E-state index contributed by atoms with van der Waals surface area (Å²) in [6, 6.07) is 8.02. The largest absolute Gasteiger partial charge is 0.425 e. The van der Waals surface area contributed by atoms with Crippen LogP contribution in [0.1, 0.15) is 0 Å². The van der Waals surface area contributed by atoms with Crippen LogP contribution in [0.15, 0.2) is 34.9 Å². The van der Waals surface area contributed by atoms with Gasteiger partial charge in [0.1, 0.15) is 11.6 Å². The Morgan fingerprint density at radius 2 is 2.27 bits per heavy atom. The Bertz CT molecular complexity index is 481. The standard InChI is InChI=1S/C10H10BrN3O/c1-14-9(12)6-13-10(14)15-8-4-2-3-7(11)5-8/h2-6H,12H2,1H3. The number of benzene rings is 1. The number of imidazole rings is 1. The fraction of sp³-hybridized carbons (Fsp3) is 0.100. The quantitative estimate of drug-likeness (QED) is 0.910. The molecule has 1 aromatic carbocycles. The Kier molecular flexibility index (Phi) is 2.64. The van der Waals surface area contributed by atoms with E-state index >= 15 is 0 Å². The third-order valence-corrected chi connectivity index (χ3v) is 2.48. The Hall–Kier alpha value is -1.49. The lowest BCUT2D eigenvalue weighted by Crippen LogP contribution is -1.98. The molecule has 0 aliphatic heterocycles. The molecule has 2 rings (SSSR count). The molecule has 0 radical (unpaired) electrons. The highest BCUT2D eigenvalue weighted by atomic mass is 79.9. The van der Waals surface area contributed by atoms with Gasteiger partial charge in [0.25, 0.3) is 0 Å². The van der Waals surface area contributed by atoms with Crippen LogP contribution in [-0.2, 0) is 7.05 Å². The summed E-state index contributed by atoms with van der Waals surface area (Å²) < 4.78 is 8.19. The van der Waals surface area contributed by atoms with Crippen LogP contribution >= 0.6 is 15.9 Å². The maximum atomic E-state index is 5.64. The average molecular weight is 268 g/mol. The number of nitrogen functional groups attached to an aromatic ring is 1. The zero-order valence-electron chi connectivity index (χ0n) is 8.14. The fourth-order valence-electron chi connectivity index (χ4n) is 1.14. The van der Waals surface area contributed by atoms with E-state index in [4.69, 9.17) is 10.5 Å². The molecule has 0 saturated carbocycles. The van der Waals surface area contributed by atoms with Crippen molar-refractivity contribution < 1.29 is 4.74 Å². The molecule has 1 aromatic heterocycles. The van der Waals surface area contributed by atoms with Crippen LogP contribution < -0.4 is 10.5 Å². The van der Waals surface area contributed by atoms with Crippen molar-refractivity contribution in [3.05, 3.63) is 34.9 Å². The van der Waals surface area contributed by atoms with E-state index in [1.807, 2.05) is 24.3 Å². The van der Waals surface area contributed by atoms with Crippen molar-refractivity contribution in [1.29, 1.82) is 0 Å². The molecule has 2 N–H and O–H groups in total. The minimum Gasteiger partial charge on any atom is -0.425 e. The maximum Gasteiger partial charge on any atom is 0.303 e. The van der Waals surface area contributed by atoms with Crippen molar-refractivity contribution in [3.63, 3.8) is 0 Å². The van der Waals surface area contributed by atoms with E-state index in [2.05, 4.69) is 20.9 Å². The molecule has 0 amide bonds. The second-order valence-electron chi connectivity index (χ2n) is 3.08. The highest BCUT2D eigenvalue weighted by molar-refractivity contribution is 9.10. The summed E-state index contributed by atoms with van der Waals surface area (Å²) in [5, 5.41) is 0. The van der Waals surface area contributed by atoms with Crippen molar-refractivity contribution in [3.8, 4) is 11.8 Å². The zero-order valence-corrected chi connectivity index (χ0v) is 9.73. The fourth-order valence-corrected chi connectivity index (χ4v) is 1.51. The van der Waals surface area contributed by atoms with Crippen molar-refractivity contribution in [2.24, 2.45) is 7.05 Å². The normalized spacial score (nSPS) is 10.3. The van der Waals surface area contributed by atoms with E-state index < -0.39 is 0 Å². The molecule has 5 heteroatoms. The SMILES string of the molecule is Cn1c(N)cnc1Oc1cccc(Br)c1. The number of nitrogens with two attached hydrogens (primary N) is 1. The number of aromatic nitrogens is 2. The first-order valence-electron chi connectivity index (χ1n) is 4.37. The summed E-state index contributed by atoms with van der Waals surface area (Å²) in [6.07, 6.45) is 1.56. The molecule has 0 saturated heterocycles. The molecule has 0 aliphatic carbocycles. The van der Waals surface area contributed by atoms with Gasteiger partial charge in [-0.3, -0.25) is 4.57 Å². The first kappa shape index (κ1) is 10.0. The highest BCUT2D eigenvalue weighted by Crippen LogP contribution is 2.23. The molecule has 0 atom stereocenters. The van der Waals surface area contributed by atoms with Crippen LogP contribution in [-0.4, -0.2) is 9.55 Å². The van der Waals surface area contributed by atoms with E-state index in [1.54, 1.807) is 17.8 Å². The number of rotatable bonds is 2. The summed E-state index contributed by atoms with van der Waals surface area (Å²) in [4.78, 5) is 4.04. The summed E-state index contributed by atoms with van der Waals surface area (Å²) in [6.45, 7) is 0. The lowest BCUT2D eigenvalue weighted by atomic mass is 10.3. The molecule has 1 heterocycles. The number of halogens is 1. The Labute approximate surface area is 95.8 Å². The van der Waals surface area contributed by atoms with Gasteiger partial charge in [-0.2, -0.15) is 0 Å². The van der Waals surface area contributed by atoms with Gasteiger partial charge in [0.05, 0.1) is 6.20 Å². The van der Waals surface area contributed by atoms with Crippen LogP contribution in [0.2, 0.25) is 0 Å². The summed E-state index contributed by atoms with van der Waals surface area (Å²) >= 11 is 3.37. The lowest BCUT2D eigenvalue weighted by Gasteiger charge is -2.05. The van der Waals surface area contributed by atoms with Gasteiger partial charge in [-0.05, 0) is 18.2 Å². The number of hydrogen-bond donors (Lipinski definition) is 1. The molecule has 0 bridgehead atoms. The third-order valence-electron chi connectivity index (χ3n) is 1.99. The van der Waals surface area contributed by atoms with Crippen molar-refractivity contribution in [1.82, 2.24) is 9.55 Å². The maximum absolute atomic E-state index is 5.64. The van der Waals surface area contributed by atoms with Crippen LogP contribution in [0.25, 0.3) is 0 Å². The summed E-state index contributed by atoms with van der Waals surface area (Å²) in [7, 11) is 1.80. The molecule has 15 heavy (non-hydrogen) atoms. The average Bonchev–Trinajstić information content (AvgIpc) is 2.50. The molecular formula is C10H10BrN3O. The predicted octanol–water partition coefficient (Wildman–Crippen LogP) is 2.56. The second kappa shape index (κ2) is 3.94. The molecule has 0 aliphatic rings. The third kappa shape index (κ3) is 2.12. The van der Waals surface area contributed by atoms with Crippen LogP contribution in [0.5, 0.6) is 11.8 Å². The van der Waals surface area contributed by atoms with E-state index in [-0.39, 0.29) is 0 Å². The van der Waals surface area contributed by atoms with Gasteiger partial charge >= 0.3 is 6.01 Å². The van der Waals surface area contributed by atoms with Crippen molar-refractivity contribution >= 4 is 21.7 Å². The number of ether oxygens (including phenoxy) is 1. The van der Waals surface area contributed by atoms with Gasteiger partial charge in [-0.1, -0.05) is 22.0 Å². The van der Waals surface area contributed by atoms with Gasteiger partial charge < -0.3 is 10.5 Å². The second-order valence-corrected chi connectivity index (χ2v) is 4.00. The predicted molar refractivity (Wildman–Crippen MR) is 61.8 cm³/mol. The van der Waals surface area contributed by atoms with Crippen LogP contribution in [0.4, 0.5) is 5.82 Å². The smallest absolute Gasteiger partial charge is 0.303 e. The van der Waals surface area contributed by atoms with E-state index in [9.17, 15) is 0 Å². The lowest BCUT2D eigenvalue weighted by molar-refractivity contribution is 0.425. The van der Waals surface area contributed by atoms with Gasteiger partial charge in [0.15, 0.2) is 0 Å². The Balaban J connectivity index is 2.26. The Morgan fingerprint density at radius 1 is 1.47 bits per heavy atom. The minimum absolute atomic E-state index is 0.477. The number of nitrogens with zero attached hydrogens (tertiary/aromatic N) is 2. The highest BCUT2D eigenvalue weighted by Gasteiger charge is 2.05. The first-order valence-corrected chi connectivity index (χ1v) is 5.17. The molecule has 78 valence electrons. The van der Waals surface area contributed by atoms with Gasteiger partial charge in [0.2, 0.25) is 0 Å². The molecule has 0 fully saturated rings. The van der Waals surface area contributed by atoms with Gasteiger partial charge in [0, 0.05) is 11.5 Å². The summed E-state index contributed by atoms with van der Waals surface area (Å²) in [5.74, 6) is 1.29. The van der Waals surface area contributed by atoms with Crippen molar-refractivity contribution in [2.45, 2.75) is 0 Å². The number of hydrogen-bond acceptors (Lipinski definition) is 3. The molecule has 0 unspecified atom stereocenters. The molecule has 4 nitrogen and oxygen atoms in total. The van der Waals surface area contributed by atoms with Crippen molar-refractivity contribution in [2.75, 3.05) is 5.73 Å². The monoisotopic (exact) mass is 267 g/mol. The summed E-state index contributed by atoms with van der Waals surface area (Å²) in [5.41, 5.74) is 5.64. The zero-order chi connectivity index (χ0) is 10.8. The molecule has 0 spiro atoms. The van der Waals surface area contributed by atoms with Gasteiger partial charge in [-0.15, -0.1) is 0 Å². The van der Waals surface area contributed by atoms with E-state index in [0.717, 1.165) is 10.2 Å². The van der Waals surface area contributed by atoms with Gasteiger partial charge in [-0.25, -0.2) is 4.98 Å². The topological polar surface area (TPSA) is 53.1 Å². The minimum atomic E-state index is 0.477. The molecular weight excluding hydrogens is 258 g/mol. The van der Waals surface area contributed by atoms with Crippen LogP contribution in [0, 0.1) is 0 Å².